The van der Waals surface area contributed by atoms with E-state index in [-0.39, 0.29) is 5.56 Å². The molecule has 6 rings (SSSR count). The number of amides is 1. The van der Waals surface area contributed by atoms with Crippen molar-refractivity contribution in [2.24, 2.45) is 0 Å². The normalized spacial score (nSPS) is 14.7. The van der Waals surface area contributed by atoms with Crippen LogP contribution in [-0.4, -0.2) is 59.0 Å². The maximum atomic E-state index is 13.8. The number of nitrogens with zero attached hydrogens (tertiary/aromatic N) is 4. The molecule has 5 aromatic rings. The summed E-state index contributed by atoms with van der Waals surface area (Å²) in [6.45, 7) is 4.63. The molecule has 0 aliphatic carbocycles. The zero-order chi connectivity index (χ0) is 28.0. The number of hydrogen-bond donors (Lipinski definition) is 2. The highest BCUT2D eigenvalue weighted by molar-refractivity contribution is 6.07. The Morgan fingerprint density at radius 2 is 1.77 bits per heavy atom. The summed E-state index contributed by atoms with van der Waals surface area (Å²) in [6.07, 6.45) is -1.31. The number of carbonyl (C=O) groups is 1. The maximum Gasteiger partial charge on any atom is 0.416 e. The van der Waals surface area contributed by atoms with Gasteiger partial charge in [-0.15, -0.1) is 0 Å². The van der Waals surface area contributed by atoms with E-state index in [0.29, 0.717) is 24.5 Å². The molecule has 2 N–H and O–H groups in total. The van der Waals surface area contributed by atoms with E-state index in [1.54, 1.807) is 12.3 Å². The molecule has 3 heterocycles. The second-order valence-electron chi connectivity index (χ2n) is 10.2. The lowest BCUT2D eigenvalue weighted by atomic mass is 9.98. The molecule has 40 heavy (non-hydrogen) atoms. The molecule has 0 atom stereocenters. The summed E-state index contributed by atoms with van der Waals surface area (Å²) in [5.74, 6) is -0.596. The minimum atomic E-state index is -4.57. The van der Waals surface area contributed by atoms with Gasteiger partial charge in [-0.1, -0.05) is 18.2 Å². The molecule has 0 saturated carbocycles. The number of aromatic nitrogens is 3. The van der Waals surface area contributed by atoms with E-state index >= 15 is 0 Å². The number of carbonyl (C=O) groups excluding carboxylic acids is 1. The van der Waals surface area contributed by atoms with Gasteiger partial charge >= 0.3 is 6.18 Å². The van der Waals surface area contributed by atoms with Crippen LogP contribution in [0.4, 0.5) is 24.5 Å². The molecule has 1 aliphatic heterocycles. The van der Waals surface area contributed by atoms with Crippen molar-refractivity contribution < 1.29 is 18.0 Å². The minimum absolute atomic E-state index is 0.0357. The van der Waals surface area contributed by atoms with Gasteiger partial charge in [-0.25, -0.2) is 9.97 Å². The lowest BCUT2D eigenvalue weighted by Gasteiger charge is -2.34. The van der Waals surface area contributed by atoms with Crippen LogP contribution in [0, 0.1) is 6.92 Å². The van der Waals surface area contributed by atoms with Crippen molar-refractivity contribution in [3.05, 3.63) is 83.8 Å². The number of aryl methyl sites for hydroxylation is 1. The number of nitrogens with one attached hydrogen (secondary N) is 2. The third kappa shape index (κ3) is 4.98. The fourth-order valence-electron chi connectivity index (χ4n) is 5.17. The number of anilines is 2. The number of rotatable bonds is 4. The van der Waals surface area contributed by atoms with Crippen molar-refractivity contribution in [2.45, 2.75) is 13.1 Å². The zero-order valence-corrected chi connectivity index (χ0v) is 22.0. The first kappa shape index (κ1) is 25.8. The number of piperazine rings is 1. The number of benzene rings is 3. The molecule has 7 nitrogen and oxygen atoms in total. The van der Waals surface area contributed by atoms with E-state index in [2.05, 4.69) is 25.2 Å². The van der Waals surface area contributed by atoms with Crippen LogP contribution >= 0.6 is 0 Å². The lowest BCUT2D eigenvalue weighted by Crippen LogP contribution is -2.44. The van der Waals surface area contributed by atoms with Crippen molar-refractivity contribution in [1.82, 2.24) is 19.9 Å². The Morgan fingerprint density at radius 3 is 2.55 bits per heavy atom. The van der Waals surface area contributed by atoms with Crippen molar-refractivity contribution >= 4 is 39.2 Å². The van der Waals surface area contributed by atoms with E-state index < -0.39 is 17.6 Å². The third-order valence-electron chi connectivity index (χ3n) is 7.46. The minimum Gasteiger partial charge on any atom is -0.369 e. The van der Waals surface area contributed by atoms with Gasteiger partial charge < -0.3 is 20.1 Å². The third-order valence-corrected chi connectivity index (χ3v) is 7.46. The predicted molar refractivity (Wildman–Crippen MR) is 151 cm³/mol. The number of aromatic amines is 1. The second kappa shape index (κ2) is 9.95. The molecule has 1 aliphatic rings. The Labute approximate surface area is 228 Å². The number of fused-ring (bicyclic) bond motifs is 3. The maximum absolute atomic E-state index is 13.8. The standard InChI is InChI=1S/C30H27F3N6O/c1-18-3-5-22(15-25(18)19-4-6-24-26-16-34-17-35-28(26)37-27(24)13-19)36-29(40)20-11-21(30(31,32)33)14-23(12-20)39-9-7-38(2)8-10-39/h3-6,11-17H,7-10H2,1-2H3,(H,36,40)(H,34,35,37). The molecular weight excluding hydrogens is 517 g/mol. The van der Waals surface area contributed by atoms with Crippen LogP contribution < -0.4 is 10.2 Å². The largest absolute Gasteiger partial charge is 0.416 e. The molecule has 2 aromatic heterocycles. The van der Waals surface area contributed by atoms with E-state index in [1.165, 1.54) is 12.4 Å². The molecule has 0 spiro atoms. The van der Waals surface area contributed by atoms with E-state index in [0.717, 1.165) is 63.8 Å². The molecule has 0 radical (unpaired) electrons. The number of hydrogen-bond acceptors (Lipinski definition) is 5. The van der Waals surface area contributed by atoms with Crippen molar-refractivity contribution in [2.75, 3.05) is 43.4 Å². The van der Waals surface area contributed by atoms with Gasteiger partial charge in [0.25, 0.3) is 5.91 Å². The average molecular weight is 545 g/mol. The monoisotopic (exact) mass is 544 g/mol. The summed E-state index contributed by atoms with van der Waals surface area (Å²) in [4.78, 5) is 29.0. The van der Waals surface area contributed by atoms with Crippen molar-refractivity contribution in [3.8, 4) is 11.1 Å². The van der Waals surface area contributed by atoms with Crippen LogP contribution in [0.1, 0.15) is 21.5 Å². The van der Waals surface area contributed by atoms with E-state index in [9.17, 15) is 18.0 Å². The molecule has 0 bridgehead atoms. The van der Waals surface area contributed by atoms with Gasteiger partial charge in [0.05, 0.1) is 5.56 Å². The van der Waals surface area contributed by atoms with Gasteiger partial charge in [0, 0.05) is 65.6 Å². The summed E-state index contributed by atoms with van der Waals surface area (Å²) < 4.78 is 41.3. The highest BCUT2D eigenvalue weighted by Crippen LogP contribution is 2.35. The molecule has 1 amide bonds. The van der Waals surface area contributed by atoms with Gasteiger partial charge in [0.15, 0.2) is 0 Å². The van der Waals surface area contributed by atoms with Crippen LogP contribution in [0.3, 0.4) is 0 Å². The molecule has 1 saturated heterocycles. The number of H-pyrrole nitrogens is 1. The fourth-order valence-corrected chi connectivity index (χ4v) is 5.17. The predicted octanol–water partition coefficient (Wildman–Crippen LogP) is 6.11. The van der Waals surface area contributed by atoms with Crippen LogP contribution in [0.25, 0.3) is 33.1 Å². The topological polar surface area (TPSA) is 77.2 Å². The van der Waals surface area contributed by atoms with Gasteiger partial charge in [0.2, 0.25) is 0 Å². The Kier molecular flexibility index (Phi) is 6.42. The number of halogens is 3. The lowest BCUT2D eigenvalue weighted by molar-refractivity contribution is -0.137. The van der Waals surface area contributed by atoms with E-state index in [1.807, 2.05) is 49.2 Å². The summed E-state index contributed by atoms with van der Waals surface area (Å²) in [6, 6.07) is 15.1. The first-order chi connectivity index (χ1) is 19.2. The zero-order valence-electron chi connectivity index (χ0n) is 22.0. The average Bonchev–Trinajstić information content (AvgIpc) is 3.31. The van der Waals surface area contributed by atoms with E-state index in [4.69, 9.17) is 0 Å². The summed E-state index contributed by atoms with van der Waals surface area (Å²) in [5.41, 5.74) is 4.48. The first-order valence-electron chi connectivity index (χ1n) is 13.0. The Morgan fingerprint density at radius 1 is 0.975 bits per heavy atom. The number of likely N-dealkylation sites (N-methyl/N-ethyl adjacent to an activating group) is 1. The van der Waals surface area contributed by atoms with Gasteiger partial charge in [-0.3, -0.25) is 4.79 Å². The quantitative estimate of drug-likeness (QED) is 0.286. The molecular formula is C30H27F3N6O. The van der Waals surface area contributed by atoms with Crippen LogP contribution in [0.5, 0.6) is 0 Å². The molecule has 204 valence electrons. The summed E-state index contributed by atoms with van der Waals surface area (Å²) in [7, 11) is 1.98. The van der Waals surface area contributed by atoms with Crippen molar-refractivity contribution in [3.63, 3.8) is 0 Å². The highest BCUT2D eigenvalue weighted by atomic mass is 19.4. The molecule has 10 heteroatoms. The Balaban J connectivity index is 1.31. The van der Waals surface area contributed by atoms with Gasteiger partial charge in [0.1, 0.15) is 12.0 Å². The summed E-state index contributed by atoms with van der Waals surface area (Å²) >= 11 is 0. The Hall–Kier alpha value is -4.44. The summed E-state index contributed by atoms with van der Waals surface area (Å²) in [5, 5.41) is 4.74. The molecule has 1 fully saturated rings. The highest BCUT2D eigenvalue weighted by Gasteiger charge is 2.32. The molecule has 3 aromatic carbocycles. The van der Waals surface area contributed by atoms with Gasteiger partial charge in [-0.2, -0.15) is 13.2 Å². The molecule has 0 unspecified atom stereocenters. The first-order valence-corrected chi connectivity index (χ1v) is 13.0. The van der Waals surface area contributed by atoms with Crippen molar-refractivity contribution in [1.29, 1.82) is 0 Å². The fraction of sp³-hybridized carbons (Fsp3) is 0.233. The van der Waals surface area contributed by atoms with Crippen LogP contribution in [0.15, 0.2) is 67.1 Å². The number of alkyl halides is 3. The van der Waals surface area contributed by atoms with Gasteiger partial charge in [-0.05, 0) is 67.1 Å². The Bertz CT molecular complexity index is 1740. The van der Waals surface area contributed by atoms with Crippen LogP contribution in [0.2, 0.25) is 0 Å². The smallest absolute Gasteiger partial charge is 0.369 e. The second-order valence-corrected chi connectivity index (χ2v) is 10.2. The SMILES string of the molecule is Cc1ccc(NC(=O)c2cc(N3CCN(C)CC3)cc(C(F)(F)F)c2)cc1-c1ccc2c(c1)[nH]c1ncncc12. The van der Waals surface area contributed by atoms with Crippen LogP contribution in [-0.2, 0) is 6.18 Å².